The molecule has 1 aromatic carbocycles. The number of benzene rings is 1. The van der Waals surface area contributed by atoms with E-state index in [1.165, 1.54) is 0 Å². The standard InChI is InChI=1S/C10H14N4O2/c11-9(13-15)5-7-1-2-8(4-3-7)6-10(12)14-16/h1-4,15-16H,5-6H2,(H2,11,13)(H2,12,14). The van der Waals surface area contributed by atoms with Crippen LogP contribution in [0, 0.1) is 0 Å². The van der Waals surface area contributed by atoms with Crippen LogP contribution in [0.25, 0.3) is 0 Å². The maximum absolute atomic E-state index is 8.40. The number of amidine groups is 2. The van der Waals surface area contributed by atoms with Crippen LogP contribution in [-0.2, 0) is 12.8 Å². The van der Waals surface area contributed by atoms with Crippen molar-refractivity contribution in [2.24, 2.45) is 21.8 Å². The molecule has 0 unspecified atom stereocenters. The predicted molar refractivity (Wildman–Crippen MR) is 60.7 cm³/mol. The van der Waals surface area contributed by atoms with Gasteiger partial charge in [-0.3, -0.25) is 0 Å². The molecule has 16 heavy (non-hydrogen) atoms. The molecule has 0 radical (unpaired) electrons. The third-order valence-corrected chi connectivity index (χ3v) is 2.05. The molecule has 6 heteroatoms. The van der Waals surface area contributed by atoms with E-state index in [1.54, 1.807) is 0 Å². The van der Waals surface area contributed by atoms with Crippen molar-refractivity contribution in [1.29, 1.82) is 0 Å². The van der Waals surface area contributed by atoms with Crippen LogP contribution in [-0.4, -0.2) is 22.1 Å². The SMILES string of the molecule is NC(Cc1ccc(CC(N)=NO)cc1)=NO. The lowest BCUT2D eigenvalue weighted by molar-refractivity contribution is 0.317. The van der Waals surface area contributed by atoms with Gasteiger partial charge in [0.2, 0.25) is 0 Å². The summed E-state index contributed by atoms with van der Waals surface area (Å²) in [5.74, 6) is 0.313. The van der Waals surface area contributed by atoms with Crippen LogP contribution in [0.1, 0.15) is 11.1 Å². The summed E-state index contributed by atoms with van der Waals surface area (Å²) in [5.41, 5.74) is 12.6. The van der Waals surface area contributed by atoms with Crippen LogP contribution in [0.3, 0.4) is 0 Å². The third-order valence-electron chi connectivity index (χ3n) is 2.05. The van der Waals surface area contributed by atoms with E-state index in [1.807, 2.05) is 24.3 Å². The Balaban J connectivity index is 2.68. The van der Waals surface area contributed by atoms with Gasteiger partial charge in [-0.2, -0.15) is 0 Å². The average molecular weight is 222 g/mol. The first-order valence-electron chi connectivity index (χ1n) is 4.66. The third kappa shape index (κ3) is 3.49. The highest BCUT2D eigenvalue weighted by atomic mass is 16.4. The van der Waals surface area contributed by atoms with Crippen molar-refractivity contribution in [3.63, 3.8) is 0 Å². The van der Waals surface area contributed by atoms with Gasteiger partial charge in [-0.15, -0.1) is 0 Å². The Kier molecular flexibility index (Phi) is 4.14. The Bertz CT molecular complexity index is 359. The fourth-order valence-corrected chi connectivity index (χ4v) is 1.26. The van der Waals surface area contributed by atoms with Crippen molar-refractivity contribution < 1.29 is 10.4 Å². The summed E-state index contributed by atoms with van der Waals surface area (Å²) in [6, 6.07) is 7.38. The molecule has 0 saturated carbocycles. The zero-order valence-corrected chi connectivity index (χ0v) is 8.67. The predicted octanol–water partition coefficient (Wildman–Crippen LogP) is 0.264. The molecule has 0 aliphatic heterocycles. The molecule has 1 aromatic rings. The largest absolute Gasteiger partial charge is 0.409 e. The zero-order valence-electron chi connectivity index (χ0n) is 8.67. The first-order chi connectivity index (χ1) is 7.65. The van der Waals surface area contributed by atoms with Crippen molar-refractivity contribution in [3.05, 3.63) is 35.4 Å². The van der Waals surface area contributed by atoms with Crippen molar-refractivity contribution in [2.75, 3.05) is 0 Å². The van der Waals surface area contributed by atoms with Crippen molar-refractivity contribution >= 4 is 11.7 Å². The molecule has 0 amide bonds. The molecule has 6 N–H and O–H groups in total. The summed E-state index contributed by atoms with van der Waals surface area (Å²) >= 11 is 0. The fourth-order valence-electron chi connectivity index (χ4n) is 1.26. The molecule has 1 rings (SSSR count). The topological polar surface area (TPSA) is 117 Å². The molecular weight excluding hydrogens is 208 g/mol. The van der Waals surface area contributed by atoms with Gasteiger partial charge in [0, 0.05) is 12.8 Å². The second-order valence-electron chi connectivity index (χ2n) is 3.35. The van der Waals surface area contributed by atoms with Gasteiger partial charge in [0.25, 0.3) is 0 Å². The van der Waals surface area contributed by atoms with Crippen LogP contribution in [0.4, 0.5) is 0 Å². The summed E-state index contributed by atoms with van der Waals surface area (Å²) in [7, 11) is 0. The summed E-state index contributed by atoms with van der Waals surface area (Å²) in [4.78, 5) is 0. The number of nitrogens with zero attached hydrogens (tertiary/aromatic N) is 2. The normalized spacial score (nSPS) is 12.8. The Labute approximate surface area is 92.9 Å². The Morgan fingerprint density at radius 3 is 1.44 bits per heavy atom. The van der Waals surface area contributed by atoms with E-state index in [4.69, 9.17) is 21.9 Å². The zero-order chi connectivity index (χ0) is 12.0. The van der Waals surface area contributed by atoms with Crippen LogP contribution in [0.15, 0.2) is 34.6 Å². The van der Waals surface area contributed by atoms with Crippen molar-refractivity contribution in [2.45, 2.75) is 12.8 Å². The molecule has 0 heterocycles. The summed E-state index contributed by atoms with van der Waals surface area (Å²) in [6.07, 6.45) is 0.778. The van der Waals surface area contributed by atoms with Crippen molar-refractivity contribution in [3.8, 4) is 0 Å². The lowest BCUT2D eigenvalue weighted by Crippen LogP contribution is -2.15. The Morgan fingerprint density at radius 1 is 0.875 bits per heavy atom. The molecule has 0 fully saturated rings. The van der Waals surface area contributed by atoms with Crippen LogP contribution >= 0.6 is 0 Å². The highest BCUT2D eigenvalue weighted by molar-refractivity contribution is 5.83. The van der Waals surface area contributed by atoms with E-state index in [0.717, 1.165) is 11.1 Å². The van der Waals surface area contributed by atoms with Gasteiger partial charge in [0.1, 0.15) is 11.7 Å². The molecule has 0 aliphatic carbocycles. The molecule has 0 aliphatic rings. The minimum absolute atomic E-state index is 0.157. The minimum Gasteiger partial charge on any atom is -0.409 e. The van der Waals surface area contributed by atoms with Crippen LogP contribution in [0.5, 0.6) is 0 Å². The minimum atomic E-state index is 0.157. The number of hydrogen-bond acceptors (Lipinski definition) is 4. The second-order valence-corrected chi connectivity index (χ2v) is 3.35. The second kappa shape index (κ2) is 5.59. The van der Waals surface area contributed by atoms with Gasteiger partial charge in [-0.25, -0.2) is 0 Å². The molecule has 86 valence electrons. The molecule has 0 spiro atoms. The summed E-state index contributed by atoms with van der Waals surface area (Å²) in [5, 5.41) is 22.6. The molecule has 0 atom stereocenters. The van der Waals surface area contributed by atoms with E-state index in [9.17, 15) is 0 Å². The first kappa shape index (κ1) is 11.8. The van der Waals surface area contributed by atoms with E-state index in [2.05, 4.69) is 10.3 Å². The molecule has 6 nitrogen and oxygen atoms in total. The number of nitrogens with two attached hydrogens (primary N) is 2. The van der Waals surface area contributed by atoms with Gasteiger partial charge < -0.3 is 21.9 Å². The van der Waals surface area contributed by atoms with Gasteiger partial charge in [0.15, 0.2) is 0 Å². The van der Waals surface area contributed by atoms with E-state index in [-0.39, 0.29) is 11.7 Å². The van der Waals surface area contributed by atoms with E-state index >= 15 is 0 Å². The lowest BCUT2D eigenvalue weighted by atomic mass is 10.1. The molecular formula is C10H14N4O2. The lowest BCUT2D eigenvalue weighted by Gasteiger charge is -2.02. The Morgan fingerprint density at radius 2 is 1.19 bits per heavy atom. The van der Waals surface area contributed by atoms with Crippen LogP contribution in [0.2, 0.25) is 0 Å². The highest BCUT2D eigenvalue weighted by Crippen LogP contribution is 2.06. The molecule has 0 bridgehead atoms. The number of oxime groups is 2. The fraction of sp³-hybridized carbons (Fsp3) is 0.200. The molecule has 0 aromatic heterocycles. The van der Waals surface area contributed by atoms with Gasteiger partial charge in [0.05, 0.1) is 0 Å². The van der Waals surface area contributed by atoms with Crippen LogP contribution < -0.4 is 11.5 Å². The van der Waals surface area contributed by atoms with E-state index < -0.39 is 0 Å². The van der Waals surface area contributed by atoms with Crippen molar-refractivity contribution in [1.82, 2.24) is 0 Å². The number of hydrogen-bond donors (Lipinski definition) is 4. The monoisotopic (exact) mass is 222 g/mol. The quantitative estimate of drug-likeness (QED) is 0.253. The summed E-state index contributed by atoms with van der Waals surface area (Å²) in [6.45, 7) is 0. The smallest absolute Gasteiger partial charge is 0.143 e. The highest BCUT2D eigenvalue weighted by Gasteiger charge is 2.00. The maximum atomic E-state index is 8.40. The van der Waals surface area contributed by atoms with Gasteiger partial charge >= 0.3 is 0 Å². The summed E-state index contributed by atoms with van der Waals surface area (Å²) < 4.78 is 0. The van der Waals surface area contributed by atoms with Gasteiger partial charge in [-0.1, -0.05) is 34.6 Å². The van der Waals surface area contributed by atoms with Gasteiger partial charge in [-0.05, 0) is 11.1 Å². The molecule has 0 saturated heterocycles. The van der Waals surface area contributed by atoms with E-state index in [0.29, 0.717) is 12.8 Å². The maximum Gasteiger partial charge on any atom is 0.143 e. The first-order valence-corrected chi connectivity index (χ1v) is 4.66. The Hall–Kier alpha value is -2.24. The number of rotatable bonds is 4. The average Bonchev–Trinajstić information content (AvgIpc) is 2.31.